The molecule has 0 atom stereocenters. The molecule has 0 saturated carbocycles. The van der Waals surface area contributed by atoms with Crippen molar-refractivity contribution in [1.82, 2.24) is 4.31 Å². The third kappa shape index (κ3) is 4.63. The van der Waals surface area contributed by atoms with Crippen LogP contribution >= 0.6 is 0 Å². The quantitative estimate of drug-likeness (QED) is 0.729. The van der Waals surface area contributed by atoms with Crippen molar-refractivity contribution in [3.63, 3.8) is 0 Å². The average Bonchev–Trinajstić information content (AvgIpc) is 2.68. The first-order valence-corrected chi connectivity index (χ1v) is 10.2. The second kappa shape index (κ2) is 9.07. The zero-order valence-corrected chi connectivity index (χ0v) is 17.6. The highest BCUT2D eigenvalue weighted by atomic mass is 32.2. The van der Waals surface area contributed by atoms with Crippen molar-refractivity contribution in [3.8, 4) is 11.5 Å². The number of anilines is 1. The molecule has 0 fully saturated rings. The number of benzene rings is 2. The number of amides is 1. The van der Waals surface area contributed by atoms with Crippen LogP contribution in [0.4, 0.5) is 5.69 Å². The molecule has 2 aromatic rings. The van der Waals surface area contributed by atoms with Crippen LogP contribution in [-0.2, 0) is 21.2 Å². The fraction of sp³-hybridized carbons (Fsp3) is 0.350. The summed E-state index contributed by atoms with van der Waals surface area (Å²) in [6, 6.07) is 10.1. The van der Waals surface area contributed by atoms with Crippen molar-refractivity contribution in [2.24, 2.45) is 0 Å². The third-order valence-corrected chi connectivity index (χ3v) is 6.23. The maximum absolute atomic E-state index is 12.8. The number of aryl methyl sites for hydroxylation is 2. The van der Waals surface area contributed by atoms with Gasteiger partial charge in [0, 0.05) is 18.8 Å². The highest BCUT2D eigenvalue weighted by Gasteiger charge is 2.25. The van der Waals surface area contributed by atoms with Gasteiger partial charge in [0.05, 0.1) is 25.7 Å². The van der Waals surface area contributed by atoms with Gasteiger partial charge in [-0.25, -0.2) is 8.42 Å². The molecule has 1 N–H and O–H groups in total. The monoisotopic (exact) mass is 406 g/mol. The number of sulfonamides is 1. The molecule has 7 nitrogen and oxygen atoms in total. The summed E-state index contributed by atoms with van der Waals surface area (Å²) in [6.07, 6.45) is 0.761. The molecule has 0 aliphatic rings. The van der Waals surface area contributed by atoms with E-state index in [9.17, 15) is 13.2 Å². The summed E-state index contributed by atoms with van der Waals surface area (Å²) < 4.78 is 37.0. The Kier molecular flexibility index (Phi) is 7.04. The Morgan fingerprint density at radius 2 is 1.79 bits per heavy atom. The molecule has 0 spiro atoms. The van der Waals surface area contributed by atoms with E-state index in [1.807, 2.05) is 32.0 Å². The van der Waals surface area contributed by atoms with Crippen molar-refractivity contribution in [3.05, 3.63) is 47.5 Å². The van der Waals surface area contributed by atoms with Crippen LogP contribution in [0.5, 0.6) is 11.5 Å². The summed E-state index contributed by atoms with van der Waals surface area (Å²) in [5, 5.41) is 2.84. The number of methoxy groups -OCH3 is 2. The molecule has 2 aromatic carbocycles. The van der Waals surface area contributed by atoms with Gasteiger partial charge in [-0.2, -0.15) is 4.31 Å². The van der Waals surface area contributed by atoms with E-state index in [0.717, 1.165) is 27.5 Å². The van der Waals surface area contributed by atoms with Crippen molar-refractivity contribution in [1.29, 1.82) is 0 Å². The molecule has 2 rings (SSSR count). The number of nitrogens with zero attached hydrogens (tertiary/aromatic N) is 1. The zero-order chi connectivity index (χ0) is 20.9. The molecule has 0 bridgehead atoms. The Bertz CT molecular complexity index is 957. The summed E-state index contributed by atoms with van der Waals surface area (Å²) in [4.78, 5) is 12.5. The van der Waals surface area contributed by atoms with E-state index >= 15 is 0 Å². The number of likely N-dealkylation sites (N-methyl/N-ethyl adjacent to an activating group) is 1. The van der Waals surface area contributed by atoms with Gasteiger partial charge in [0.1, 0.15) is 0 Å². The molecule has 0 saturated heterocycles. The van der Waals surface area contributed by atoms with E-state index in [-0.39, 0.29) is 11.4 Å². The molecule has 0 aromatic heterocycles. The Morgan fingerprint density at radius 1 is 1.11 bits per heavy atom. The van der Waals surface area contributed by atoms with Crippen LogP contribution in [0.1, 0.15) is 18.1 Å². The summed E-state index contributed by atoms with van der Waals surface area (Å²) in [5.41, 5.74) is 2.66. The van der Waals surface area contributed by atoms with Gasteiger partial charge in [-0.1, -0.05) is 25.1 Å². The molecule has 1 amide bonds. The molecule has 0 aliphatic carbocycles. The van der Waals surface area contributed by atoms with Gasteiger partial charge in [0.15, 0.2) is 11.5 Å². The van der Waals surface area contributed by atoms with Gasteiger partial charge in [-0.3, -0.25) is 4.79 Å². The number of carbonyl (C=O) groups is 1. The van der Waals surface area contributed by atoms with E-state index in [2.05, 4.69) is 5.32 Å². The van der Waals surface area contributed by atoms with Gasteiger partial charge < -0.3 is 14.8 Å². The molecule has 0 heterocycles. The SMILES string of the molecule is CCc1cccc(C)c1NC(=O)CN(C)S(=O)(=O)c1ccc(OC)c(OC)c1. The van der Waals surface area contributed by atoms with Crippen molar-refractivity contribution in [2.75, 3.05) is 33.1 Å². The molecule has 0 unspecified atom stereocenters. The van der Waals surface area contributed by atoms with Crippen molar-refractivity contribution < 1.29 is 22.7 Å². The van der Waals surface area contributed by atoms with Crippen LogP contribution in [0.2, 0.25) is 0 Å². The lowest BCUT2D eigenvalue weighted by atomic mass is 10.1. The first kappa shape index (κ1) is 21.7. The van der Waals surface area contributed by atoms with Gasteiger partial charge in [-0.05, 0) is 36.6 Å². The standard InChI is InChI=1S/C20H26N2O5S/c1-6-15-9-7-8-14(2)20(15)21-19(23)13-22(3)28(24,25)16-10-11-17(26-4)18(12-16)27-5/h7-12H,6,13H2,1-5H3,(H,21,23). The predicted octanol–water partition coefficient (Wildman–Crippen LogP) is 2.83. The van der Waals surface area contributed by atoms with Gasteiger partial charge >= 0.3 is 0 Å². The zero-order valence-electron chi connectivity index (χ0n) is 16.8. The first-order valence-electron chi connectivity index (χ1n) is 8.81. The van der Waals surface area contributed by atoms with E-state index in [4.69, 9.17) is 9.47 Å². The molecular formula is C20H26N2O5S. The fourth-order valence-electron chi connectivity index (χ4n) is 2.83. The third-order valence-electron chi connectivity index (χ3n) is 4.43. The van der Waals surface area contributed by atoms with E-state index in [1.165, 1.54) is 39.5 Å². The second-order valence-corrected chi connectivity index (χ2v) is 8.33. The summed E-state index contributed by atoms with van der Waals surface area (Å²) in [7, 11) is 0.393. The summed E-state index contributed by atoms with van der Waals surface area (Å²) in [6.45, 7) is 3.59. The van der Waals surface area contributed by atoms with Gasteiger partial charge in [-0.15, -0.1) is 0 Å². The fourth-order valence-corrected chi connectivity index (χ4v) is 3.97. The number of para-hydroxylation sites is 1. The number of ether oxygens (including phenoxy) is 2. The van der Waals surface area contributed by atoms with Crippen molar-refractivity contribution >= 4 is 21.6 Å². The minimum absolute atomic E-state index is 0.0191. The Labute approximate surface area is 166 Å². The van der Waals surface area contributed by atoms with Crippen LogP contribution in [0, 0.1) is 6.92 Å². The molecule has 152 valence electrons. The van der Waals surface area contributed by atoms with Crippen LogP contribution < -0.4 is 14.8 Å². The Balaban J connectivity index is 2.20. The highest BCUT2D eigenvalue weighted by Crippen LogP contribution is 2.30. The lowest BCUT2D eigenvalue weighted by Crippen LogP contribution is -2.35. The number of nitrogens with one attached hydrogen (secondary N) is 1. The predicted molar refractivity (Wildman–Crippen MR) is 109 cm³/mol. The van der Waals surface area contributed by atoms with Crippen LogP contribution in [0.15, 0.2) is 41.3 Å². The molecule has 28 heavy (non-hydrogen) atoms. The first-order chi connectivity index (χ1) is 13.2. The van der Waals surface area contributed by atoms with Gasteiger partial charge in [0.25, 0.3) is 0 Å². The Morgan fingerprint density at radius 3 is 2.39 bits per heavy atom. The topological polar surface area (TPSA) is 84.9 Å². The largest absolute Gasteiger partial charge is 0.493 e. The van der Waals surface area contributed by atoms with Crippen molar-refractivity contribution in [2.45, 2.75) is 25.2 Å². The minimum Gasteiger partial charge on any atom is -0.493 e. The number of carbonyl (C=O) groups excluding carboxylic acids is 1. The minimum atomic E-state index is -3.87. The van der Waals surface area contributed by atoms with Gasteiger partial charge in [0.2, 0.25) is 15.9 Å². The average molecular weight is 407 g/mol. The van der Waals surface area contributed by atoms with E-state index in [1.54, 1.807) is 0 Å². The number of rotatable bonds is 8. The Hall–Kier alpha value is -2.58. The normalized spacial score (nSPS) is 11.4. The van der Waals surface area contributed by atoms with E-state index < -0.39 is 15.9 Å². The molecule has 8 heteroatoms. The highest BCUT2D eigenvalue weighted by molar-refractivity contribution is 7.89. The summed E-state index contributed by atoms with van der Waals surface area (Å²) >= 11 is 0. The lowest BCUT2D eigenvalue weighted by molar-refractivity contribution is -0.116. The molecule has 0 aliphatic heterocycles. The van der Waals surface area contributed by atoms with Crippen LogP contribution in [0.3, 0.4) is 0 Å². The smallest absolute Gasteiger partial charge is 0.243 e. The molecule has 0 radical (unpaired) electrons. The lowest BCUT2D eigenvalue weighted by Gasteiger charge is -2.19. The number of hydrogen-bond donors (Lipinski definition) is 1. The number of hydrogen-bond acceptors (Lipinski definition) is 5. The second-order valence-electron chi connectivity index (χ2n) is 6.29. The molecular weight excluding hydrogens is 380 g/mol. The maximum atomic E-state index is 12.8. The van der Waals surface area contributed by atoms with Crippen LogP contribution in [0.25, 0.3) is 0 Å². The van der Waals surface area contributed by atoms with Crippen LogP contribution in [-0.4, -0.2) is 46.4 Å². The van der Waals surface area contributed by atoms with E-state index in [0.29, 0.717) is 11.5 Å². The summed E-state index contributed by atoms with van der Waals surface area (Å²) in [5.74, 6) is 0.318. The maximum Gasteiger partial charge on any atom is 0.243 e.